The van der Waals surface area contributed by atoms with Gasteiger partial charge in [-0.25, -0.2) is 0 Å². The van der Waals surface area contributed by atoms with E-state index in [0.29, 0.717) is 105 Å². The molecule has 2 fully saturated rings. The number of nitrogens with one attached hydrogen (secondary N) is 8. The van der Waals surface area contributed by atoms with Gasteiger partial charge in [0.05, 0.1) is 76.5 Å². The summed E-state index contributed by atoms with van der Waals surface area (Å²) in [6, 6.07) is 53.7. The van der Waals surface area contributed by atoms with E-state index >= 15 is 0 Å². The van der Waals surface area contributed by atoms with Crippen LogP contribution < -0.4 is 42.5 Å². The van der Waals surface area contributed by atoms with Crippen molar-refractivity contribution in [3.8, 4) is 0 Å². The summed E-state index contributed by atoms with van der Waals surface area (Å²) in [6.07, 6.45) is 0. The first kappa shape index (κ1) is 78.9. The summed E-state index contributed by atoms with van der Waals surface area (Å²) in [5, 5.41) is 25.3. The average Bonchev–Trinajstić information content (AvgIpc) is 1.03. The molecule has 4 heterocycles. The van der Waals surface area contributed by atoms with Gasteiger partial charge >= 0.3 is 0 Å². The van der Waals surface area contributed by atoms with Crippen molar-refractivity contribution >= 4 is 47.3 Å². The highest BCUT2D eigenvalue weighted by molar-refractivity contribution is 5.81. The summed E-state index contributed by atoms with van der Waals surface area (Å²) in [7, 11) is 0. The van der Waals surface area contributed by atoms with Crippen LogP contribution in [0.4, 0.5) is 0 Å². The predicted molar refractivity (Wildman–Crippen MR) is 404 cm³/mol. The Bertz CT molecular complexity index is 3190. The summed E-state index contributed by atoms with van der Waals surface area (Å²) in [6.45, 7) is 16.0. The van der Waals surface area contributed by atoms with Crippen LogP contribution in [0, 0.1) is 0 Å². The van der Waals surface area contributed by atoms with Crippen LogP contribution in [0.3, 0.4) is 0 Å². The average molecular weight is 1420 g/mol. The van der Waals surface area contributed by atoms with Gasteiger partial charge in [0.1, 0.15) is 0 Å². The number of nitrogens with zero attached hydrogens (tertiary/aromatic N) is 8. The van der Waals surface area contributed by atoms with Crippen LogP contribution in [0.1, 0.15) is 96.4 Å². The van der Waals surface area contributed by atoms with Crippen LogP contribution in [0.2, 0.25) is 0 Å². The van der Waals surface area contributed by atoms with E-state index in [0.717, 1.165) is 44.5 Å². The van der Waals surface area contributed by atoms with Crippen LogP contribution in [-0.2, 0) is 64.5 Å². The van der Waals surface area contributed by atoms with Crippen molar-refractivity contribution in [3.63, 3.8) is 0 Å². The third-order valence-electron chi connectivity index (χ3n) is 19.4. The first-order chi connectivity index (χ1) is 50.4. The smallest absolute Gasteiger partial charge is 0.234 e. The second-order valence-electron chi connectivity index (χ2n) is 27.8. The van der Waals surface area contributed by atoms with Crippen molar-refractivity contribution in [1.82, 2.24) is 81.7 Å². The third-order valence-corrected chi connectivity index (χ3v) is 19.4. The van der Waals surface area contributed by atoms with Gasteiger partial charge in [0.15, 0.2) is 0 Å². The van der Waals surface area contributed by atoms with E-state index in [2.05, 4.69) is 81.7 Å². The molecule has 0 unspecified atom stereocenters. The highest BCUT2D eigenvalue weighted by Gasteiger charge is 2.27. The molecule has 4 atom stereocenters. The summed E-state index contributed by atoms with van der Waals surface area (Å²) in [5.41, 5.74) is 7.27. The van der Waals surface area contributed by atoms with E-state index in [-0.39, 0.29) is 150 Å². The number of hydrogen-bond acceptors (Lipinski definition) is 16. The number of rotatable bonds is 16. The van der Waals surface area contributed by atoms with Crippen molar-refractivity contribution in [2.24, 2.45) is 0 Å². The lowest BCUT2D eigenvalue weighted by Gasteiger charge is -2.34. The Balaban J connectivity index is 0.959. The normalized spacial score (nSPS) is 21.1. The maximum atomic E-state index is 14.2. The molecule has 6 aromatic rings. The molecule has 0 aliphatic carbocycles. The molecule has 24 nitrogen and oxygen atoms in total. The second kappa shape index (κ2) is 41.9. The molecular formula is C80H108N16O8. The van der Waals surface area contributed by atoms with E-state index in [1.807, 2.05) is 198 Å². The molecule has 104 heavy (non-hydrogen) atoms. The fourth-order valence-corrected chi connectivity index (χ4v) is 13.2. The molecular weight excluding hydrogens is 1310 g/mol. The molecule has 8 N–H and O–H groups in total. The lowest BCUT2D eigenvalue weighted by atomic mass is 10.1. The molecule has 8 amide bonds. The zero-order valence-corrected chi connectivity index (χ0v) is 61.1. The second-order valence-corrected chi connectivity index (χ2v) is 27.8. The number of fused-ring (bicyclic) bond motifs is 20. The first-order valence-electron chi connectivity index (χ1n) is 36.8. The lowest BCUT2D eigenvalue weighted by molar-refractivity contribution is -0.125. The van der Waals surface area contributed by atoms with Gasteiger partial charge in [-0.3, -0.25) is 77.6 Å². The van der Waals surface area contributed by atoms with Gasteiger partial charge in [-0.05, 0) is 72.2 Å². The summed E-state index contributed by atoms with van der Waals surface area (Å²) in [4.78, 5) is 129. The van der Waals surface area contributed by atoms with Crippen molar-refractivity contribution in [3.05, 3.63) is 214 Å². The number of carbonyl (C=O) groups excluding carboxylic acids is 8. The number of benzene rings is 6. The minimum atomic E-state index is -0.239. The zero-order valence-electron chi connectivity index (χ0n) is 61.1. The molecule has 0 spiro atoms. The number of amides is 8. The Morgan fingerprint density at radius 1 is 0.288 bits per heavy atom. The van der Waals surface area contributed by atoms with E-state index in [1.165, 1.54) is 0 Å². The molecule has 0 aromatic heterocycles. The first-order valence-corrected chi connectivity index (χ1v) is 36.8. The monoisotopic (exact) mass is 1420 g/mol. The largest absolute Gasteiger partial charge is 0.351 e. The molecule has 2 saturated heterocycles. The van der Waals surface area contributed by atoms with Crippen LogP contribution >= 0.6 is 0 Å². The van der Waals surface area contributed by atoms with Crippen molar-refractivity contribution < 1.29 is 38.4 Å². The van der Waals surface area contributed by atoms with E-state index in [1.54, 1.807) is 0 Å². The molecule has 24 heteroatoms. The Morgan fingerprint density at radius 2 is 0.481 bits per heavy atom. The Hall–Kier alpha value is -9.24. The Kier molecular flexibility index (Phi) is 31.8. The van der Waals surface area contributed by atoms with E-state index < -0.39 is 0 Å². The topological polar surface area (TPSA) is 259 Å². The molecule has 10 rings (SSSR count). The maximum Gasteiger partial charge on any atom is 0.234 e. The van der Waals surface area contributed by atoms with Gasteiger partial charge in [-0.2, -0.15) is 0 Å². The van der Waals surface area contributed by atoms with Gasteiger partial charge < -0.3 is 42.5 Å². The predicted octanol–water partition coefficient (Wildman–Crippen LogP) is 3.82. The molecule has 556 valence electrons. The number of hydrogen-bond donors (Lipinski definition) is 8. The fraction of sp³-hybridized carbons (Fsp3) is 0.450. The van der Waals surface area contributed by atoms with Crippen LogP contribution in [0.5, 0.6) is 0 Å². The fourth-order valence-electron chi connectivity index (χ4n) is 13.2. The molecule has 8 bridgehead atoms. The Labute approximate surface area is 614 Å². The van der Waals surface area contributed by atoms with Crippen molar-refractivity contribution in [2.45, 2.75) is 78.0 Å². The van der Waals surface area contributed by atoms with E-state index in [4.69, 9.17) is 0 Å². The summed E-state index contributed by atoms with van der Waals surface area (Å²) >= 11 is 0. The van der Waals surface area contributed by atoms with E-state index in [9.17, 15) is 38.4 Å². The highest BCUT2D eigenvalue weighted by atomic mass is 16.2. The van der Waals surface area contributed by atoms with Crippen LogP contribution in [0.25, 0.3) is 0 Å². The standard InChI is InChI=1S/C80H108N16O8/c1-61(69-23-9-5-10-24-69)85-77(101)57-93-39-31-89-33-41-94(58-78(102)86-62(2)70-25-11-6-12-26-70)42-34-90(32-40-93)54-74(98)82-50-66-20-18-22-68(48-66)52-84-76(100)56-92-36-44-95(59-79(103)87-63(3)71-27-13-7-14-28-71)43-35-91(55-75(99)83-51-67-21-17-19-65(47-67)49-81-73(97)53-89)37-45-96(46-38-92)60-80(104)88-64(4)72-29-15-8-16-30-72/h5-30,47-48,61-64H,31-46,49-60H2,1-4H3,(H,81,97)(H,82,98)(H,83,99)(H,84,100)(H,85,101)(H,86,102)(H,87,103)(H,88,104)/t61-,62-,63-,64-/m0/s1. The summed E-state index contributed by atoms with van der Waals surface area (Å²) in [5.74, 6) is -1.45. The zero-order chi connectivity index (χ0) is 73.4. The molecule has 0 radical (unpaired) electrons. The van der Waals surface area contributed by atoms with Crippen molar-refractivity contribution in [1.29, 1.82) is 0 Å². The van der Waals surface area contributed by atoms with Gasteiger partial charge in [-0.1, -0.05) is 170 Å². The van der Waals surface area contributed by atoms with Gasteiger partial charge in [0.25, 0.3) is 0 Å². The molecule has 4 aliphatic rings. The summed E-state index contributed by atoms with van der Waals surface area (Å²) < 4.78 is 0. The minimum Gasteiger partial charge on any atom is -0.351 e. The third kappa shape index (κ3) is 28.1. The van der Waals surface area contributed by atoms with Crippen molar-refractivity contribution in [2.75, 3.05) is 157 Å². The van der Waals surface area contributed by atoms with Gasteiger partial charge in [0, 0.05) is 131 Å². The maximum absolute atomic E-state index is 14.2. The molecule has 0 saturated carbocycles. The number of carbonyl (C=O) groups is 8. The quantitative estimate of drug-likeness (QED) is 0.0686. The van der Waals surface area contributed by atoms with Crippen LogP contribution in [-0.4, -0.2) is 244 Å². The minimum absolute atomic E-state index is 0.0432. The molecule has 6 aromatic carbocycles. The lowest BCUT2D eigenvalue weighted by Crippen LogP contribution is -2.51. The van der Waals surface area contributed by atoms with Gasteiger partial charge in [-0.15, -0.1) is 0 Å². The van der Waals surface area contributed by atoms with Gasteiger partial charge in [0.2, 0.25) is 47.3 Å². The Morgan fingerprint density at radius 3 is 0.673 bits per heavy atom. The molecule has 4 aliphatic heterocycles. The van der Waals surface area contributed by atoms with Crippen LogP contribution in [0.15, 0.2) is 170 Å². The SMILES string of the molecule is C[C@H](NC(=O)CN1CCN2CCN(CC(=O)N[C@@H](C)c3ccccc3)CCN(CC1)CC(=O)NCc1cccc(c1)CNC(=O)CN1CCN(CC(=O)N[C@@H](C)c3ccccc3)CCN(CCN(CC(=O)N[C@@H](C)c3ccccc3)CC1)CC(=O)NCc1cccc(c1)CNC(=O)C2)c1ccccc1. The highest BCUT2D eigenvalue weighted by Crippen LogP contribution is 2.17.